The number of aryl methyl sites for hydroxylation is 1. The van der Waals surface area contributed by atoms with E-state index in [0.717, 1.165) is 29.0 Å². The molecule has 2 fully saturated rings. The molecule has 33 heavy (non-hydrogen) atoms. The molecule has 2 aliphatic rings. The van der Waals surface area contributed by atoms with Gasteiger partial charge in [-0.3, -0.25) is 0 Å². The van der Waals surface area contributed by atoms with Crippen molar-refractivity contribution in [1.82, 2.24) is 14.4 Å². The van der Waals surface area contributed by atoms with Gasteiger partial charge in [-0.05, 0) is 24.6 Å². The Morgan fingerprint density at radius 2 is 2.06 bits per heavy atom. The van der Waals surface area contributed by atoms with Crippen LogP contribution in [0.1, 0.15) is 54.9 Å². The molecular formula is C24H28F2N4O3. The molecule has 0 aliphatic carbocycles. The topological polar surface area (TPSA) is 83.9 Å². The third-order valence-corrected chi connectivity index (χ3v) is 6.75. The predicted octanol–water partition coefficient (Wildman–Crippen LogP) is 4.24. The molecule has 0 amide bonds. The molecule has 0 radical (unpaired) electrons. The molecular weight excluding hydrogens is 430 g/mol. The van der Waals surface area contributed by atoms with Crippen molar-refractivity contribution in [3.63, 3.8) is 0 Å². The monoisotopic (exact) mass is 458 g/mol. The first-order chi connectivity index (χ1) is 16.0. The first kappa shape index (κ1) is 22.2. The summed E-state index contributed by atoms with van der Waals surface area (Å²) in [7, 11) is 1.57. The van der Waals surface area contributed by atoms with Gasteiger partial charge in [0.1, 0.15) is 17.2 Å². The lowest BCUT2D eigenvalue weighted by Gasteiger charge is -2.26. The summed E-state index contributed by atoms with van der Waals surface area (Å²) >= 11 is 0. The zero-order chi connectivity index (χ0) is 23.2. The zero-order valence-corrected chi connectivity index (χ0v) is 18.8. The van der Waals surface area contributed by atoms with Crippen LogP contribution in [0, 0.1) is 0 Å². The van der Waals surface area contributed by atoms with Gasteiger partial charge in [-0.2, -0.15) is 0 Å². The van der Waals surface area contributed by atoms with Gasteiger partial charge in [-0.15, -0.1) is 0 Å². The fourth-order valence-corrected chi connectivity index (χ4v) is 4.92. The molecule has 2 aliphatic heterocycles. The van der Waals surface area contributed by atoms with Crippen LogP contribution in [-0.2, 0) is 26.2 Å². The molecule has 9 heteroatoms. The van der Waals surface area contributed by atoms with E-state index in [-0.39, 0.29) is 18.1 Å². The molecule has 0 spiro atoms. The minimum absolute atomic E-state index is 0.0961. The summed E-state index contributed by atoms with van der Waals surface area (Å²) in [5, 5.41) is 0. The number of nitrogens with two attached hydrogens (primary N) is 1. The third kappa shape index (κ3) is 3.78. The van der Waals surface area contributed by atoms with Crippen molar-refractivity contribution >= 4 is 11.3 Å². The highest BCUT2D eigenvalue weighted by atomic mass is 19.3. The largest absolute Gasteiger partial charge is 0.384 e. The predicted molar refractivity (Wildman–Crippen MR) is 119 cm³/mol. The number of nitrogen functional groups attached to an aromatic ring is 1. The summed E-state index contributed by atoms with van der Waals surface area (Å²) in [5.74, 6) is 1.39. The van der Waals surface area contributed by atoms with Crippen LogP contribution >= 0.6 is 0 Å². The van der Waals surface area contributed by atoms with Gasteiger partial charge in [-0.1, -0.05) is 6.92 Å². The molecule has 3 aromatic rings. The van der Waals surface area contributed by atoms with Crippen molar-refractivity contribution in [1.29, 1.82) is 0 Å². The maximum Gasteiger partial charge on any atom is 0.263 e. The van der Waals surface area contributed by atoms with Crippen molar-refractivity contribution in [2.24, 2.45) is 0 Å². The van der Waals surface area contributed by atoms with Crippen LogP contribution < -0.4 is 5.73 Å². The molecule has 5 rings (SSSR count). The van der Waals surface area contributed by atoms with Crippen LogP contribution in [-0.4, -0.2) is 47.9 Å². The number of rotatable bonds is 6. The molecule has 0 bridgehead atoms. The van der Waals surface area contributed by atoms with Crippen molar-refractivity contribution in [3.05, 3.63) is 47.0 Å². The Labute approximate surface area is 190 Å². The van der Waals surface area contributed by atoms with Gasteiger partial charge in [0.15, 0.2) is 0 Å². The quantitative estimate of drug-likeness (QED) is 0.595. The number of ether oxygens (including phenoxy) is 3. The second kappa shape index (κ2) is 8.62. The van der Waals surface area contributed by atoms with Crippen molar-refractivity contribution in [2.45, 2.75) is 44.1 Å². The highest BCUT2D eigenvalue weighted by molar-refractivity contribution is 5.82. The van der Waals surface area contributed by atoms with E-state index < -0.39 is 12.0 Å². The fraction of sp³-hybridized carbons (Fsp3) is 0.500. The fourth-order valence-electron chi connectivity index (χ4n) is 4.92. The summed E-state index contributed by atoms with van der Waals surface area (Å²) < 4.78 is 46.9. The molecule has 2 N–H and O–H groups in total. The van der Waals surface area contributed by atoms with Crippen LogP contribution in [0.3, 0.4) is 0 Å². The SMILES string of the molecule is CCc1nc(N)cc2c(-c3cc(C(F)F)cc([C@@]4(OC)CCOC4)n3)cc(C3CCOC3)n12. The third-order valence-electron chi connectivity index (χ3n) is 6.75. The van der Waals surface area contributed by atoms with Gasteiger partial charge >= 0.3 is 0 Å². The minimum atomic E-state index is -2.64. The molecule has 5 heterocycles. The molecule has 0 saturated carbocycles. The Morgan fingerprint density at radius 1 is 1.21 bits per heavy atom. The lowest BCUT2D eigenvalue weighted by molar-refractivity contribution is -0.0247. The lowest BCUT2D eigenvalue weighted by atomic mass is 9.95. The van der Waals surface area contributed by atoms with Gasteiger partial charge in [0.2, 0.25) is 0 Å². The van der Waals surface area contributed by atoms with E-state index in [9.17, 15) is 8.78 Å². The highest BCUT2D eigenvalue weighted by Crippen LogP contribution is 2.39. The van der Waals surface area contributed by atoms with E-state index in [2.05, 4.69) is 9.38 Å². The van der Waals surface area contributed by atoms with E-state index in [1.165, 1.54) is 12.1 Å². The van der Waals surface area contributed by atoms with Crippen molar-refractivity contribution in [3.8, 4) is 11.3 Å². The summed E-state index contributed by atoms with van der Waals surface area (Å²) in [6, 6.07) is 6.71. The van der Waals surface area contributed by atoms with E-state index in [0.29, 0.717) is 49.9 Å². The summed E-state index contributed by atoms with van der Waals surface area (Å²) in [5.41, 5.74) is 8.70. The number of anilines is 1. The Balaban J connectivity index is 1.76. The summed E-state index contributed by atoms with van der Waals surface area (Å²) in [6.45, 7) is 4.09. The van der Waals surface area contributed by atoms with Crippen molar-refractivity contribution < 1.29 is 23.0 Å². The standard InChI is InChI=1S/C24H28F2N4O3/c1-3-22-29-21(27)11-19-16(10-18(30(19)22)14-4-6-32-12-14)17-8-15(23(25)26)9-20(28-17)24(31-2)5-7-33-13-24/h8-11,14,23H,3-7,12-13,27H2,1-2H3/t14?,24-/m1/s1. The van der Waals surface area contributed by atoms with Gasteiger partial charge in [0.05, 0.1) is 30.1 Å². The first-order valence-electron chi connectivity index (χ1n) is 11.3. The molecule has 2 atom stereocenters. The zero-order valence-electron chi connectivity index (χ0n) is 18.8. The van der Waals surface area contributed by atoms with Crippen LogP contribution in [0.4, 0.5) is 14.6 Å². The van der Waals surface area contributed by atoms with Crippen LogP contribution in [0.25, 0.3) is 16.8 Å². The number of aromatic nitrogens is 3. The van der Waals surface area contributed by atoms with Gasteiger partial charge in [-0.25, -0.2) is 18.7 Å². The number of hydrogen-bond donors (Lipinski definition) is 1. The maximum absolute atomic E-state index is 14.0. The molecule has 2 saturated heterocycles. The van der Waals surface area contributed by atoms with Crippen molar-refractivity contribution in [2.75, 3.05) is 39.3 Å². The molecule has 176 valence electrons. The summed E-state index contributed by atoms with van der Waals surface area (Å²) in [6.07, 6.45) is -0.522. The van der Waals surface area contributed by atoms with Crippen LogP contribution in [0.15, 0.2) is 24.3 Å². The Kier molecular flexibility index (Phi) is 5.80. The molecule has 0 aromatic carbocycles. The van der Waals surface area contributed by atoms with Gasteiger partial charge in [0.25, 0.3) is 6.43 Å². The number of alkyl halides is 2. The second-order valence-electron chi connectivity index (χ2n) is 8.69. The molecule has 1 unspecified atom stereocenters. The van der Waals surface area contributed by atoms with E-state index in [1.54, 1.807) is 13.2 Å². The van der Waals surface area contributed by atoms with Gasteiger partial charge < -0.3 is 24.3 Å². The first-order valence-corrected chi connectivity index (χ1v) is 11.3. The Bertz CT molecular complexity index is 1170. The molecule has 3 aromatic heterocycles. The lowest BCUT2D eigenvalue weighted by Crippen LogP contribution is -2.30. The number of hydrogen-bond acceptors (Lipinski definition) is 6. The number of methoxy groups -OCH3 is 1. The smallest absolute Gasteiger partial charge is 0.263 e. The number of halogens is 2. The average Bonchev–Trinajstić information content (AvgIpc) is 3.58. The van der Waals surface area contributed by atoms with E-state index in [1.807, 2.05) is 13.0 Å². The Morgan fingerprint density at radius 3 is 2.70 bits per heavy atom. The number of pyridine rings is 1. The van der Waals surface area contributed by atoms with E-state index >= 15 is 0 Å². The van der Waals surface area contributed by atoms with Crippen LogP contribution in [0.2, 0.25) is 0 Å². The number of fused-ring (bicyclic) bond motifs is 1. The highest BCUT2D eigenvalue weighted by Gasteiger charge is 2.39. The number of nitrogens with zero attached hydrogens (tertiary/aromatic N) is 3. The molecule has 7 nitrogen and oxygen atoms in total. The maximum atomic E-state index is 14.0. The van der Waals surface area contributed by atoms with E-state index in [4.69, 9.17) is 24.9 Å². The average molecular weight is 459 g/mol. The summed E-state index contributed by atoms with van der Waals surface area (Å²) in [4.78, 5) is 9.37. The normalized spacial score (nSPS) is 23.2. The second-order valence-corrected chi connectivity index (χ2v) is 8.69. The van der Waals surface area contributed by atoms with Gasteiger partial charge in [0, 0.05) is 62.0 Å². The minimum Gasteiger partial charge on any atom is -0.384 e. The Hall–Kier alpha value is -2.62. The van der Waals surface area contributed by atoms with Crippen LogP contribution in [0.5, 0.6) is 0 Å².